The number of carbonyl (C=O) groups excluding carboxylic acids is 2. The molecule has 0 spiro atoms. The first-order valence-corrected chi connectivity index (χ1v) is 10.8. The monoisotopic (exact) mass is 419 g/mol. The van der Waals surface area contributed by atoms with Gasteiger partial charge in [-0.2, -0.15) is 0 Å². The van der Waals surface area contributed by atoms with Gasteiger partial charge in [0, 0.05) is 17.6 Å². The zero-order valence-corrected chi connectivity index (χ0v) is 17.3. The maximum absolute atomic E-state index is 13.1. The van der Waals surface area contributed by atoms with Crippen molar-refractivity contribution in [3.8, 4) is 11.6 Å². The normalized spacial score (nSPS) is 12.4. The number of amides is 2. The van der Waals surface area contributed by atoms with E-state index in [9.17, 15) is 9.59 Å². The fourth-order valence-electron chi connectivity index (χ4n) is 3.26. The summed E-state index contributed by atoms with van der Waals surface area (Å²) in [6, 6.07) is 18.7. The van der Waals surface area contributed by atoms with E-state index in [1.165, 1.54) is 9.80 Å². The smallest absolute Gasteiger partial charge is 0.264 e. The number of carbonyl (C=O) groups is 2. The van der Waals surface area contributed by atoms with Gasteiger partial charge in [-0.05, 0) is 54.6 Å². The van der Waals surface area contributed by atoms with Crippen LogP contribution in [0.15, 0.2) is 71.8 Å². The molecule has 2 aromatic carbocycles. The average molecular weight is 420 g/mol. The Labute approximate surface area is 179 Å². The Hall–Kier alpha value is -3.32. The Balaban J connectivity index is 1.45. The number of anilines is 1. The second-order valence-electron chi connectivity index (χ2n) is 6.77. The van der Waals surface area contributed by atoms with Gasteiger partial charge in [0.05, 0.1) is 5.69 Å². The molecule has 152 valence electrons. The van der Waals surface area contributed by atoms with E-state index in [0.29, 0.717) is 23.5 Å². The number of nitrogens with zero attached hydrogens (tertiary/aromatic N) is 2. The van der Waals surface area contributed by atoms with Crippen LogP contribution in [0.4, 0.5) is 5.69 Å². The fourth-order valence-corrected chi connectivity index (χ4v) is 3.66. The quantitative estimate of drug-likeness (QED) is 0.614. The molecule has 0 unspecified atom stereocenters. The molecule has 30 heavy (non-hydrogen) atoms. The van der Waals surface area contributed by atoms with Gasteiger partial charge in [0.2, 0.25) is 11.8 Å². The van der Waals surface area contributed by atoms with Crippen LogP contribution in [0.5, 0.6) is 11.6 Å². The number of nitrogens with one attached hydrogen (secondary N) is 1. The molecule has 6 nitrogen and oxygen atoms in total. The number of aromatic nitrogens is 1. The predicted octanol–water partition coefficient (Wildman–Crippen LogP) is 3.91. The highest BCUT2D eigenvalue weighted by Gasteiger charge is 2.30. The van der Waals surface area contributed by atoms with Crippen molar-refractivity contribution in [1.82, 2.24) is 10.3 Å². The summed E-state index contributed by atoms with van der Waals surface area (Å²) in [7, 11) is 0. The topological polar surface area (TPSA) is 71.5 Å². The first-order valence-electron chi connectivity index (χ1n) is 9.59. The second kappa shape index (κ2) is 9.00. The molecule has 0 saturated heterocycles. The van der Waals surface area contributed by atoms with Crippen LogP contribution in [-0.4, -0.2) is 36.1 Å². The van der Waals surface area contributed by atoms with E-state index in [4.69, 9.17) is 4.74 Å². The highest BCUT2D eigenvalue weighted by Crippen LogP contribution is 2.37. The van der Waals surface area contributed by atoms with Gasteiger partial charge >= 0.3 is 0 Å². The average Bonchev–Trinajstić information content (AvgIpc) is 2.89. The number of pyridine rings is 1. The van der Waals surface area contributed by atoms with Gasteiger partial charge in [-0.3, -0.25) is 14.5 Å². The lowest BCUT2D eigenvalue weighted by Crippen LogP contribution is -2.41. The van der Waals surface area contributed by atoms with Gasteiger partial charge in [-0.1, -0.05) is 24.3 Å². The fraction of sp³-hybridized carbons (Fsp3) is 0.174. The maximum Gasteiger partial charge on any atom is 0.264 e. The van der Waals surface area contributed by atoms with Crippen molar-refractivity contribution in [2.75, 3.05) is 24.2 Å². The van der Waals surface area contributed by atoms with Crippen LogP contribution >= 0.6 is 11.8 Å². The van der Waals surface area contributed by atoms with Crippen LogP contribution in [0.2, 0.25) is 0 Å². The summed E-state index contributed by atoms with van der Waals surface area (Å²) in [4.78, 5) is 32.5. The highest BCUT2D eigenvalue weighted by atomic mass is 32.2. The number of hydrogen-bond donors (Lipinski definition) is 1. The molecule has 7 heteroatoms. The standard InChI is InChI=1S/C23H21N3O3S/c1-30-17-10-8-16(9-11-17)12-14-24-21(27)15-26-19-6-2-3-7-20(19)29-22-18(23(26)28)5-4-13-25-22/h2-11,13H,12,14-15H2,1H3,(H,24,27). The Bertz CT molecular complexity index is 1070. The van der Waals surface area contributed by atoms with Crippen molar-refractivity contribution >= 4 is 29.3 Å². The number of fused-ring (bicyclic) bond motifs is 2. The van der Waals surface area contributed by atoms with Crippen LogP contribution < -0.4 is 15.0 Å². The van der Waals surface area contributed by atoms with Crippen molar-refractivity contribution in [2.45, 2.75) is 11.3 Å². The number of ether oxygens (including phenoxy) is 1. The minimum atomic E-state index is -0.314. The number of hydrogen-bond acceptors (Lipinski definition) is 5. The molecule has 0 atom stereocenters. The van der Waals surface area contributed by atoms with Crippen molar-refractivity contribution in [3.63, 3.8) is 0 Å². The minimum Gasteiger partial charge on any atom is -0.436 e. The molecule has 1 aliphatic rings. The van der Waals surface area contributed by atoms with Gasteiger partial charge < -0.3 is 10.1 Å². The summed E-state index contributed by atoms with van der Waals surface area (Å²) in [5, 5.41) is 2.91. The molecule has 1 aromatic heterocycles. The van der Waals surface area contributed by atoms with E-state index in [0.717, 1.165) is 12.0 Å². The molecule has 0 bridgehead atoms. The number of thioether (sulfide) groups is 1. The zero-order valence-electron chi connectivity index (χ0n) is 16.5. The molecule has 0 aliphatic carbocycles. The first kappa shape index (κ1) is 20.0. The van der Waals surface area contributed by atoms with Crippen LogP contribution in [-0.2, 0) is 11.2 Å². The second-order valence-corrected chi connectivity index (χ2v) is 7.64. The van der Waals surface area contributed by atoms with Gasteiger partial charge in [-0.25, -0.2) is 4.98 Å². The van der Waals surface area contributed by atoms with Gasteiger partial charge in [0.1, 0.15) is 12.1 Å². The summed E-state index contributed by atoms with van der Waals surface area (Å²) in [5.41, 5.74) is 2.02. The molecule has 0 radical (unpaired) electrons. The third kappa shape index (κ3) is 4.31. The lowest BCUT2D eigenvalue weighted by Gasteiger charge is -2.21. The predicted molar refractivity (Wildman–Crippen MR) is 117 cm³/mol. The van der Waals surface area contributed by atoms with E-state index < -0.39 is 0 Å². The third-order valence-corrected chi connectivity index (χ3v) is 5.55. The SMILES string of the molecule is CSc1ccc(CCNC(=O)CN2C(=O)c3cccnc3Oc3ccccc32)cc1. The summed E-state index contributed by atoms with van der Waals surface area (Å²) >= 11 is 1.70. The maximum atomic E-state index is 13.1. The lowest BCUT2D eigenvalue weighted by molar-refractivity contribution is -0.119. The number of rotatable bonds is 6. The van der Waals surface area contributed by atoms with Crippen LogP contribution in [0.3, 0.4) is 0 Å². The Morgan fingerprint density at radius 2 is 1.90 bits per heavy atom. The van der Waals surface area contributed by atoms with Crippen LogP contribution in [0.25, 0.3) is 0 Å². The summed E-state index contributed by atoms with van der Waals surface area (Å²) in [6.07, 6.45) is 4.33. The van der Waals surface area contributed by atoms with Crippen molar-refractivity contribution < 1.29 is 14.3 Å². The van der Waals surface area contributed by atoms with Crippen molar-refractivity contribution in [3.05, 3.63) is 78.0 Å². The summed E-state index contributed by atoms with van der Waals surface area (Å²) < 4.78 is 5.84. The molecule has 3 aromatic rings. The minimum absolute atomic E-state index is 0.0983. The molecule has 1 aliphatic heterocycles. The molecular formula is C23H21N3O3S. The van der Waals surface area contributed by atoms with E-state index in [2.05, 4.69) is 34.6 Å². The van der Waals surface area contributed by atoms with Gasteiger partial charge in [0.25, 0.3) is 5.91 Å². The van der Waals surface area contributed by atoms with E-state index in [1.807, 2.05) is 18.4 Å². The Morgan fingerprint density at radius 3 is 2.70 bits per heavy atom. The van der Waals surface area contributed by atoms with Crippen molar-refractivity contribution in [2.24, 2.45) is 0 Å². The van der Waals surface area contributed by atoms with Crippen LogP contribution in [0.1, 0.15) is 15.9 Å². The van der Waals surface area contributed by atoms with E-state index in [-0.39, 0.29) is 24.2 Å². The first-order chi connectivity index (χ1) is 14.7. The van der Waals surface area contributed by atoms with Gasteiger partial charge in [-0.15, -0.1) is 11.8 Å². The zero-order chi connectivity index (χ0) is 20.9. The molecule has 2 heterocycles. The van der Waals surface area contributed by atoms with Crippen molar-refractivity contribution in [1.29, 1.82) is 0 Å². The molecule has 0 fully saturated rings. The largest absolute Gasteiger partial charge is 0.436 e. The molecule has 4 rings (SSSR count). The molecule has 2 amide bonds. The molecule has 1 N–H and O–H groups in total. The number of benzene rings is 2. The third-order valence-electron chi connectivity index (χ3n) is 4.81. The van der Waals surface area contributed by atoms with Gasteiger partial charge in [0.15, 0.2) is 5.75 Å². The molecular weight excluding hydrogens is 398 g/mol. The summed E-state index contributed by atoms with van der Waals surface area (Å²) in [6.45, 7) is 0.398. The van der Waals surface area contributed by atoms with Crippen LogP contribution in [0, 0.1) is 0 Å². The highest BCUT2D eigenvalue weighted by molar-refractivity contribution is 7.98. The summed E-state index contributed by atoms with van der Waals surface area (Å²) in [5.74, 6) is 0.189. The molecule has 0 saturated carbocycles. The Morgan fingerprint density at radius 1 is 1.10 bits per heavy atom. The van der Waals surface area contributed by atoms with E-state index >= 15 is 0 Å². The Kier molecular flexibility index (Phi) is 5.99. The lowest BCUT2D eigenvalue weighted by atomic mass is 10.1. The number of para-hydroxylation sites is 2. The van der Waals surface area contributed by atoms with E-state index in [1.54, 1.807) is 42.2 Å².